The van der Waals surface area contributed by atoms with Crippen molar-refractivity contribution in [1.82, 2.24) is 5.43 Å². The lowest BCUT2D eigenvalue weighted by atomic mass is 10.2. The van der Waals surface area contributed by atoms with E-state index in [-0.39, 0.29) is 5.76 Å². The topological polar surface area (TPSA) is 73.1 Å². The number of benzene rings is 2. The Morgan fingerprint density at radius 1 is 1.22 bits per heavy atom. The van der Waals surface area contributed by atoms with Crippen molar-refractivity contribution < 1.29 is 18.7 Å². The van der Waals surface area contributed by atoms with E-state index in [0.29, 0.717) is 17.9 Å². The molecule has 1 aromatic heterocycles. The Morgan fingerprint density at radius 3 is 2.78 bits per heavy atom. The number of unbranched alkanes of at least 4 members (excludes halogenated alkanes) is 1. The first kappa shape index (κ1) is 18.5. The summed E-state index contributed by atoms with van der Waals surface area (Å²) in [6.45, 7) is 2.83. The number of para-hydroxylation sites is 1. The molecule has 1 N–H and O–H groups in total. The predicted molar refractivity (Wildman–Crippen MR) is 105 cm³/mol. The first-order valence-electron chi connectivity index (χ1n) is 8.84. The number of furan rings is 1. The highest BCUT2D eigenvalue weighted by atomic mass is 16.5. The Hall–Kier alpha value is -3.28. The molecule has 0 bridgehead atoms. The molecule has 0 unspecified atom stereocenters. The quantitative estimate of drug-likeness (QED) is 0.365. The van der Waals surface area contributed by atoms with Crippen LogP contribution in [0.5, 0.6) is 11.5 Å². The van der Waals surface area contributed by atoms with Crippen LogP contribution in [0.25, 0.3) is 11.0 Å². The smallest absolute Gasteiger partial charge is 0.307 e. The normalized spacial score (nSPS) is 11.0. The minimum Gasteiger partial charge on any atom is -0.494 e. The van der Waals surface area contributed by atoms with E-state index in [0.717, 1.165) is 29.5 Å². The summed E-state index contributed by atoms with van der Waals surface area (Å²) >= 11 is 0. The van der Waals surface area contributed by atoms with Crippen LogP contribution in [0, 0.1) is 0 Å². The molecule has 3 rings (SSSR count). The van der Waals surface area contributed by atoms with E-state index >= 15 is 0 Å². The number of hydrogen-bond donors (Lipinski definition) is 1. The molecule has 0 aliphatic carbocycles. The molecule has 3 aromatic rings. The second-order valence-electron chi connectivity index (χ2n) is 5.96. The van der Waals surface area contributed by atoms with Crippen molar-refractivity contribution in [1.29, 1.82) is 0 Å². The van der Waals surface area contributed by atoms with Crippen molar-refractivity contribution in [2.75, 3.05) is 13.7 Å². The summed E-state index contributed by atoms with van der Waals surface area (Å²) in [4.78, 5) is 12.2. The Labute approximate surface area is 157 Å². The molecule has 6 heteroatoms. The van der Waals surface area contributed by atoms with Crippen LogP contribution in [0.1, 0.15) is 35.9 Å². The van der Waals surface area contributed by atoms with E-state index < -0.39 is 5.91 Å². The van der Waals surface area contributed by atoms with Crippen LogP contribution < -0.4 is 14.9 Å². The lowest BCUT2D eigenvalue weighted by Crippen LogP contribution is -2.16. The second kappa shape index (κ2) is 8.89. The summed E-state index contributed by atoms with van der Waals surface area (Å²) in [7, 11) is 1.56. The van der Waals surface area contributed by atoms with Gasteiger partial charge >= 0.3 is 5.91 Å². The van der Waals surface area contributed by atoms with Crippen molar-refractivity contribution in [2.45, 2.75) is 19.8 Å². The van der Waals surface area contributed by atoms with Gasteiger partial charge in [-0.25, -0.2) is 5.43 Å². The van der Waals surface area contributed by atoms with Crippen LogP contribution in [0.3, 0.4) is 0 Å². The average molecular weight is 366 g/mol. The van der Waals surface area contributed by atoms with Gasteiger partial charge in [0.05, 0.1) is 19.9 Å². The first-order chi connectivity index (χ1) is 13.2. The van der Waals surface area contributed by atoms with Crippen molar-refractivity contribution in [3.63, 3.8) is 0 Å². The maximum absolute atomic E-state index is 12.2. The number of fused-ring (bicyclic) bond motifs is 1. The number of hydrazone groups is 1. The Kier molecular flexibility index (Phi) is 6.10. The van der Waals surface area contributed by atoms with E-state index in [1.807, 2.05) is 36.4 Å². The standard InChI is InChI=1S/C21H22N2O4/c1-3-4-12-26-17-10-8-15(9-11-17)14-22-23-21(24)19-13-16-6-5-7-18(25-2)20(16)27-19/h5-11,13-14H,3-4,12H2,1-2H3,(H,23,24)/b22-14-. The molecule has 27 heavy (non-hydrogen) atoms. The van der Waals surface area contributed by atoms with Gasteiger partial charge in [0, 0.05) is 5.39 Å². The second-order valence-corrected chi connectivity index (χ2v) is 5.96. The first-order valence-corrected chi connectivity index (χ1v) is 8.84. The van der Waals surface area contributed by atoms with Crippen molar-refractivity contribution >= 4 is 23.1 Å². The zero-order valence-electron chi connectivity index (χ0n) is 15.4. The average Bonchev–Trinajstić information content (AvgIpc) is 3.14. The van der Waals surface area contributed by atoms with E-state index in [9.17, 15) is 4.79 Å². The highest BCUT2D eigenvalue weighted by molar-refractivity contribution is 5.97. The molecular weight excluding hydrogens is 344 g/mol. The Balaban J connectivity index is 1.60. The molecule has 0 aliphatic heterocycles. The zero-order chi connectivity index (χ0) is 19.1. The van der Waals surface area contributed by atoms with Gasteiger partial charge in [-0.15, -0.1) is 0 Å². The minimum absolute atomic E-state index is 0.173. The van der Waals surface area contributed by atoms with Crippen molar-refractivity contribution in [3.05, 3.63) is 59.9 Å². The van der Waals surface area contributed by atoms with Crippen LogP contribution in [-0.2, 0) is 0 Å². The highest BCUT2D eigenvalue weighted by Gasteiger charge is 2.14. The van der Waals surface area contributed by atoms with Gasteiger partial charge in [-0.05, 0) is 48.4 Å². The van der Waals surface area contributed by atoms with Crippen LogP contribution in [-0.4, -0.2) is 25.8 Å². The van der Waals surface area contributed by atoms with E-state index in [4.69, 9.17) is 13.9 Å². The van der Waals surface area contributed by atoms with Gasteiger partial charge in [0.2, 0.25) is 0 Å². The van der Waals surface area contributed by atoms with Gasteiger partial charge in [0.25, 0.3) is 0 Å². The van der Waals surface area contributed by atoms with Crippen LogP contribution >= 0.6 is 0 Å². The molecule has 1 amide bonds. The summed E-state index contributed by atoms with van der Waals surface area (Å²) in [6.07, 6.45) is 3.70. The highest BCUT2D eigenvalue weighted by Crippen LogP contribution is 2.28. The number of hydrogen-bond acceptors (Lipinski definition) is 5. The third-order valence-corrected chi connectivity index (χ3v) is 3.98. The molecule has 0 aliphatic rings. The lowest BCUT2D eigenvalue weighted by molar-refractivity contribution is 0.0929. The SMILES string of the molecule is CCCCOc1ccc(/C=N\NC(=O)c2cc3cccc(OC)c3o2)cc1. The molecule has 0 atom stereocenters. The van der Waals surface area contributed by atoms with E-state index in [2.05, 4.69) is 17.5 Å². The molecule has 0 fully saturated rings. The molecular formula is C21H22N2O4. The fourth-order valence-electron chi connectivity index (χ4n) is 2.51. The van der Waals surface area contributed by atoms with Crippen molar-refractivity contribution in [3.8, 4) is 11.5 Å². The maximum Gasteiger partial charge on any atom is 0.307 e. The molecule has 0 saturated carbocycles. The summed E-state index contributed by atoms with van der Waals surface area (Å²) < 4.78 is 16.4. The number of methoxy groups -OCH3 is 1. The Bertz CT molecular complexity index is 929. The monoisotopic (exact) mass is 366 g/mol. The molecule has 2 aromatic carbocycles. The molecule has 140 valence electrons. The summed E-state index contributed by atoms with van der Waals surface area (Å²) in [6, 6.07) is 14.6. The molecule has 0 spiro atoms. The number of rotatable bonds is 8. The number of carbonyl (C=O) groups is 1. The zero-order valence-corrected chi connectivity index (χ0v) is 15.4. The molecule has 0 saturated heterocycles. The van der Waals surface area contributed by atoms with Gasteiger partial charge in [0.1, 0.15) is 5.75 Å². The maximum atomic E-state index is 12.2. The predicted octanol–water partition coefficient (Wildman–Crippen LogP) is 4.38. The van der Waals surface area contributed by atoms with Gasteiger partial charge < -0.3 is 13.9 Å². The minimum atomic E-state index is -0.427. The Morgan fingerprint density at radius 2 is 2.04 bits per heavy atom. The van der Waals surface area contributed by atoms with Crippen LogP contribution in [0.4, 0.5) is 0 Å². The number of carbonyl (C=O) groups excluding carboxylic acids is 1. The number of nitrogens with one attached hydrogen (secondary N) is 1. The third-order valence-electron chi connectivity index (χ3n) is 3.98. The van der Waals surface area contributed by atoms with Gasteiger partial charge in [-0.3, -0.25) is 4.79 Å². The van der Waals surface area contributed by atoms with Gasteiger partial charge in [-0.2, -0.15) is 5.10 Å². The van der Waals surface area contributed by atoms with Crippen LogP contribution in [0.2, 0.25) is 0 Å². The number of amides is 1. The fourth-order valence-corrected chi connectivity index (χ4v) is 2.51. The third kappa shape index (κ3) is 4.67. The van der Waals surface area contributed by atoms with E-state index in [1.54, 1.807) is 25.5 Å². The van der Waals surface area contributed by atoms with Crippen LogP contribution in [0.15, 0.2) is 58.0 Å². The molecule has 0 radical (unpaired) electrons. The molecule has 6 nitrogen and oxygen atoms in total. The summed E-state index contributed by atoms with van der Waals surface area (Å²) in [5.41, 5.74) is 3.85. The lowest BCUT2D eigenvalue weighted by Gasteiger charge is -2.04. The summed E-state index contributed by atoms with van der Waals surface area (Å²) in [5, 5.41) is 4.77. The number of ether oxygens (including phenoxy) is 2. The van der Waals surface area contributed by atoms with Crippen molar-refractivity contribution in [2.24, 2.45) is 5.10 Å². The molecule has 1 heterocycles. The largest absolute Gasteiger partial charge is 0.494 e. The van der Waals surface area contributed by atoms with E-state index in [1.165, 1.54) is 0 Å². The van der Waals surface area contributed by atoms with Gasteiger partial charge in [0.15, 0.2) is 17.1 Å². The summed E-state index contributed by atoms with van der Waals surface area (Å²) in [5.74, 6) is 1.15. The van der Waals surface area contributed by atoms with Gasteiger partial charge in [-0.1, -0.05) is 25.5 Å². The fraction of sp³-hybridized carbons (Fsp3) is 0.238. The number of nitrogens with zero attached hydrogens (tertiary/aromatic N) is 1.